The van der Waals surface area contributed by atoms with Gasteiger partial charge in [0.15, 0.2) is 0 Å². The van der Waals surface area contributed by atoms with Gasteiger partial charge in [-0.1, -0.05) is 6.42 Å². The highest BCUT2D eigenvalue weighted by atomic mass is 16.5. The zero-order valence-electron chi connectivity index (χ0n) is 11.8. The maximum absolute atomic E-state index is 9.85. The third-order valence-electron chi connectivity index (χ3n) is 3.82. The highest BCUT2D eigenvalue weighted by molar-refractivity contribution is 5.42. The molecule has 2 atom stereocenters. The van der Waals surface area contributed by atoms with E-state index in [2.05, 4.69) is 9.97 Å². The minimum Gasteiger partial charge on any atom is -0.437 e. The molecule has 110 valence electrons. The van der Waals surface area contributed by atoms with Crippen LogP contribution in [0.25, 0.3) is 0 Å². The molecular weight excluding hydrogens is 266 g/mol. The fourth-order valence-corrected chi connectivity index (χ4v) is 2.75. The van der Waals surface area contributed by atoms with Crippen molar-refractivity contribution in [3.8, 4) is 11.6 Å². The Morgan fingerprint density at radius 2 is 1.86 bits per heavy atom. The van der Waals surface area contributed by atoms with E-state index >= 15 is 0 Å². The van der Waals surface area contributed by atoms with Gasteiger partial charge in [0.2, 0.25) is 5.88 Å². The molecule has 2 aromatic rings. The second kappa shape index (κ2) is 6.10. The molecule has 0 bridgehead atoms. The second-order valence-corrected chi connectivity index (χ2v) is 5.44. The van der Waals surface area contributed by atoms with Crippen LogP contribution in [0, 0.1) is 0 Å². The smallest absolute Gasteiger partial charge is 0.241 e. The van der Waals surface area contributed by atoms with Crippen molar-refractivity contribution in [1.82, 2.24) is 9.97 Å². The van der Waals surface area contributed by atoms with E-state index in [1.54, 1.807) is 24.5 Å². The van der Waals surface area contributed by atoms with E-state index in [1.807, 2.05) is 12.1 Å². The molecule has 1 heterocycles. The normalized spacial score (nSPS) is 22.0. The number of aliphatic hydroxyl groups is 1. The number of hydrogen-bond donors (Lipinski definition) is 2. The van der Waals surface area contributed by atoms with Gasteiger partial charge in [-0.2, -0.15) is 0 Å². The number of ether oxygens (including phenoxy) is 1. The Labute approximate surface area is 123 Å². The molecule has 3 rings (SSSR count). The van der Waals surface area contributed by atoms with Crippen LogP contribution in [0.15, 0.2) is 36.7 Å². The number of aromatic nitrogens is 2. The summed E-state index contributed by atoms with van der Waals surface area (Å²) in [4.78, 5) is 8.73. The number of benzene rings is 1. The minimum atomic E-state index is -0.255. The molecule has 1 aromatic heterocycles. The predicted octanol–water partition coefficient (Wildman–Crippen LogP) is 2.87. The van der Waals surface area contributed by atoms with Gasteiger partial charge in [0.05, 0.1) is 6.10 Å². The van der Waals surface area contributed by atoms with Crippen LogP contribution in [-0.4, -0.2) is 21.2 Å². The summed E-state index contributed by atoms with van der Waals surface area (Å²) in [5.74, 6) is 1.40. The van der Waals surface area contributed by atoms with Crippen LogP contribution in [0.1, 0.15) is 37.3 Å². The van der Waals surface area contributed by atoms with Gasteiger partial charge in [-0.3, -0.25) is 4.98 Å². The number of nitrogen functional groups attached to an aromatic ring is 1. The molecule has 0 spiro atoms. The van der Waals surface area contributed by atoms with E-state index in [0.29, 0.717) is 17.3 Å². The largest absolute Gasteiger partial charge is 0.437 e. The molecule has 1 saturated carbocycles. The van der Waals surface area contributed by atoms with Crippen LogP contribution in [0.5, 0.6) is 11.6 Å². The van der Waals surface area contributed by atoms with Gasteiger partial charge in [-0.15, -0.1) is 0 Å². The van der Waals surface area contributed by atoms with Crippen LogP contribution in [0.4, 0.5) is 5.69 Å². The Morgan fingerprint density at radius 3 is 2.62 bits per heavy atom. The lowest BCUT2D eigenvalue weighted by Gasteiger charge is -2.26. The molecular formula is C16H19N3O2. The molecule has 1 aliphatic carbocycles. The van der Waals surface area contributed by atoms with Crippen molar-refractivity contribution < 1.29 is 9.84 Å². The number of nitrogens with zero attached hydrogens (tertiary/aromatic N) is 2. The third-order valence-corrected chi connectivity index (χ3v) is 3.82. The van der Waals surface area contributed by atoms with Crippen molar-refractivity contribution in [3.63, 3.8) is 0 Å². The zero-order valence-corrected chi connectivity index (χ0v) is 11.8. The van der Waals surface area contributed by atoms with Crippen molar-refractivity contribution in [2.45, 2.75) is 37.7 Å². The highest BCUT2D eigenvalue weighted by Gasteiger charge is 2.26. The van der Waals surface area contributed by atoms with Crippen LogP contribution in [0.2, 0.25) is 0 Å². The standard InChI is InChI=1S/C16H19N3O2/c17-12-4-6-14(7-5-12)21-16-15(18-8-9-19-16)11-2-1-3-13(20)10-11/h4-9,11,13,20H,1-3,10,17H2/t11-,13+/m1/s1. The molecule has 0 amide bonds. The molecule has 0 radical (unpaired) electrons. The van der Waals surface area contributed by atoms with Gasteiger partial charge in [-0.25, -0.2) is 4.98 Å². The Hall–Kier alpha value is -2.14. The van der Waals surface area contributed by atoms with Crippen LogP contribution < -0.4 is 10.5 Å². The van der Waals surface area contributed by atoms with E-state index in [4.69, 9.17) is 10.5 Å². The highest BCUT2D eigenvalue weighted by Crippen LogP contribution is 2.36. The summed E-state index contributed by atoms with van der Waals surface area (Å²) in [5.41, 5.74) is 7.19. The summed E-state index contributed by atoms with van der Waals surface area (Å²) in [7, 11) is 0. The Bertz CT molecular complexity index is 601. The maximum atomic E-state index is 9.85. The summed E-state index contributed by atoms with van der Waals surface area (Å²) >= 11 is 0. The summed E-state index contributed by atoms with van der Waals surface area (Å²) in [6.45, 7) is 0. The lowest BCUT2D eigenvalue weighted by atomic mass is 9.85. The van der Waals surface area contributed by atoms with Gasteiger partial charge in [0.25, 0.3) is 0 Å². The van der Waals surface area contributed by atoms with Crippen LogP contribution in [-0.2, 0) is 0 Å². The van der Waals surface area contributed by atoms with Gasteiger partial charge in [0.1, 0.15) is 11.4 Å². The topological polar surface area (TPSA) is 81.3 Å². The molecule has 1 aromatic carbocycles. The summed E-state index contributed by atoms with van der Waals surface area (Å²) in [6, 6.07) is 7.19. The van der Waals surface area contributed by atoms with Crippen molar-refractivity contribution in [2.24, 2.45) is 0 Å². The summed E-state index contributed by atoms with van der Waals surface area (Å²) in [6.07, 6.45) is 6.64. The van der Waals surface area contributed by atoms with Crippen LogP contribution >= 0.6 is 0 Å². The third kappa shape index (κ3) is 3.31. The number of anilines is 1. The molecule has 1 aliphatic rings. The van der Waals surface area contributed by atoms with Gasteiger partial charge in [-0.05, 0) is 43.5 Å². The molecule has 0 unspecified atom stereocenters. The Balaban J connectivity index is 1.83. The van der Waals surface area contributed by atoms with E-state index in [9.17, 15) is 5.11 Å². The van der Waals surface area contributed by atoms with E-state index in [1.165, 1.54) is 0 Å². The Kier molecular flexibility index (Phi) is 4.01. The Morgan fingerprint density at radius 1 is 1.10 bits per heavy atom. The molecule has 0 aliphatic heterocycles. The average Bonchev–Trinajstić information content (AvgIpc) is 2.50. The first-order valence-corrected chi connectivity index (χ1v) is 7.25. The van der Waals surface area contributed by atoms with Gasteiger partial charge in [0, 0.05) is 24.0 Å². The fraction of sp³-hybridized carbons (Fsp3) is 0.375. The van der Waals surface area contributed by atoms with Crippen molar-refractivity contribution in [1.29, 1.82) is 0 Å². The van der Waals surface area contributed by atoms with Crippen molar-refractivity contribution in [2.75, 3.05) is 5.73 Å². The first-order valence-electron chi connectivity index (χ1n) is 7.25. The monoisotopic (exact) mass is 285 g/mol. The number of nitrogens with two attached hydrogens (primary N) is 1. The lowest BCUT2D eigenvalue weighted by molar-refractivity contribution is 0.118. The molecule has 21 heavy (non-hydrogen) atoms. The fourth-order valence-electron chi connectivity index (χ4n) is 2.75. The molecule has 3 N–H and O–H groups in total. The zero-order chi connectivity index (χ0) is 14.7. The average molecular weight is 285 g/mol. The molecule has 1 fully saturated rings. The summed E-state index contributed by atoms with van der Waals surface area (Å²) < 4.78 is 5.84. The lowest BCUT2D eigenvalue weighted by Crippen LogP contribution is -2.19. The van der Waals surface area contributed by atoms with E-state index < -0.39 is 0 Å². The summed E-state index contributed by atoms with van der Waals surface area (Å²) in [5, 5.41) is 9.85. The van der Waals surface area contributed by atoms with E-state index in [-0.39, 0.29) is 12.0 Å². The quantitative estimate of drug-likeness (QED) is 0.847. The van der Waals surface area contributed by atoms with Crippen LogP contribution in [0.3, 0.4) is 0 Å². The number of aliphatic hydroxyl groups excluding tert-OH is 1. The minimum absolute atomic E-state index is 0.200. The predicted molar refractivity (Wildman–Crippen MR) is 80.2 cm³/mol. The SMILES string of the molecule is Nc1ccc(Oc2nccnc2[C@@H]2CCC[C@H](O)C2)cc1. The molecule has 5 nitrogen and oxygen atoms in total. The van der Waals surface area contributed by atoms with Crippen molar-refractivity contribution >= 4 is 5.69 Å². The first kappa shape index (κ1) is 13.8. The number of rotatable bonds is 3. The molecule has 0 saturated heterocycles. The number of hydrogen-bond acceptors (Lipinski definition) is 5. The van der Waals surface area contributed by atoms with Gasteiger partial charge >= 0.3 is 0 Å². The van der Waals surface area contributed by atoms with E-state index in [0.717, 1.165) is 31.4 Å². The first-order chi connectivity index (χ1) is 10.2. The second-order valence-electron chi connectivity index (χ2n) is 5.44. The van der Waals surface area contributed by atoms with Gasteiger partial charge < -0.3 is 15.6 Å². The van der Waals surface area contributed by atoms with Crippen molar-refractivity contribution in [3.05, 3.63) is 42.4 Å². The molecule has 5 heteroatoms. The maximum Gasteiger partial charge on any atom is 0.241 e.